The smallest absolute Gasteiger partial charge is 0.238 e. The fourth-order valence-electron chi connectivity index (χ4n) is 6.45. The minimum atomic E-state index is -1.21. The highest BCUT2D eigenvalue weighted by molar-refractivity contribution is 6.31. The molecule has 8 heteroatoms. The van der Waals surface area contributed by atoms with Crippen molar-refractivity contribution in [3.8, 4) is 5.75 Å². The van der Waals surface area contributed by atoms with E-state index in [-0.39, 0.29) is 23.7 Å². The number of hydrogen-bond donors (Lipinski definition) is 2. The van der Waals surface area contributed by atoms with Gasteiger partial charge in [0.25, 0.3) is 0 Å². The molecule has 1 spiro atoms. The maximum Gasteiger partial charge on any atom is 0.238 e. The molecule has 0 aromatic heterocycles. The monoisotopic (exact) mass is 590 g/mol. The molecule has 3 heterocycles. The van der Waals surface area contributed by atoms with E-state index in [2.05, 4.69) is 24.1 Å². The second-order valence-corrected chi connectivity index (χ2v) is 12.8. The minimum absolute atomic E-state index is 0.0853. The number of amides is 2. The van der Waals surface area contributed by atoms with Gasteiger partial charge in [-0.15, -0.1) is 0 Å². The Morgan fingerprint density at radius 1 is 1.05 bits per heavy atom. The summed E-state index contributed by atoms with van der Waals surface area (Å²) in [4.78, 5) is 28.0. The van der Waals surface area contributed by atoms with Gasteiger partial charge in [-0.1, -0.05) is 60.5 Å². The lowest BCUT2D eigenvalue weighted by Crippen LogP contribution is -2.57. The highest BCUT2D eigenvalue weighted by Crippen LogP contribution is 2.59. The maximum atomic E-state index is 14.5. The molecule has 212 valence electrons. The van der Waals surface area contributed by atoms with Crippen molar-refractivity contribution in [3.05, 3.63) is 99.0 Å². The van der Waals surface area contributed by atoms with Crippen molar-refractivity contribution in [1.29, 1.82) is 0 Å². The third-order valence-corrected chi connectivity index (χ3v) is 9.13. The first-order valence-electron chi connectivity index (χ1n) is 13.7. The van der Waals surface area contributed by atoms with Crippen LogP contribution in [0.5, 0.6) is 5.75 Å². The summed E-state index contributed by atoms with van der Waals surface area (Å²) in [6, 6.07) is 16.2. The number of anilines is 1. The average Bonchev–Trinajstić information content (AvgIpc) is 3.19. The van der Waals surface area contributed by atoms with Crippen LogP contribution in [0.25, 0.3) is 5.57 Å². The Bertz CT molecular complexity index is 1600. The second-order valence-electron chi connectivity index (χ2n) is 11.9. The van der Waals surface area contributed by atoms with Crippen molar-refractivity contribution >= 4 is 46.3 Å². The zero-order valence-electron chi connectivity index (χ0n) is 23.3. The van der Waals surface area contributed by atoms with Gasteiger partial charge in [-0.3, -0.25) is 9.59 Å². The standard InChI is InChI=1S/C33H32Cl2N2O4/c1-18(2)20-6-10-28(41-17-32(4)15-40-16-32)24(11-20)26-14-29(38)37-30(23-12-21(34)7-5-19(23)3)33(26)25-9-8-22(35)13-27(25)36-31(33)39/h5-13,26,30H,1,14-17H2,2-4H3,(H,36,39)(H,37,38)/t26-,30+,33-/m1/s1. The molecule has 0 bridgehead atoms. The van der Waals surface area contributed by atoms with E-state index in [0.29, 0.717) is 41.3 Å². The predicted octanol–water partition coefficient (Wildman–Crippen LogP) is 6.99. The topological polar surface area (TPSA) is 76.7 Å². The number of allylic oxidation sites excluding steroid dienone is 1. The van der Waals surface area contributed by atoms with Gasteiger partial charge in [0.2, 0.25) is 11.8 Å². The molecule has 3 aliphatic rings. The first-order valence-corrected chi connectivity index (χ1v) is 14.4. The Balaban J connectivity index is 1.60. The molecule has 2 amide bonds. The Labute approximate surface area is 250 Å². The fraction of sp³-hybridized carbons (Fsp3) is 0.333. The molecular weight excluding hydrogens is 559 g/mol. The number of halogens is 2. The summed E-state index contributed by atoms with van der Waals surface area (Å²) in [5.74, 6) is -0.304. The number of nitrogens with one attached hydrogen (secondary N) is 2. The van der Waals surface area contributed by atoms with Crippen LogP contribution in [0, 0.1) is 12.3 Å². The fourth-order valence-corrected chi connectivity index (χ4v) is 6.80. The van der Waals surface area contributed by atoms with Gasteiger partial charge in [-0.05, 0) is 78.1 Å². The van der Waals surface area contributed by atoms with Gasteiger partial charge >= 0.3 is 0 Å². The zero-order valence-corrected chi connectivity index (χ0v) is 24.8. The first-order chi connectivity index (χ1) is 19.5. The van der Waals surface area contributed by atoms with Crippen LogP contribution in [0.2, 0.25) is 10.0 Å². The number of rotatable bonds is 6. The molecule has 2 saturated heterocycles. The summed E-state index contributed by atoms with van der Waals surface area (Å²) in [5.41, 5.74) is 4.36. The summed E-state index contributed by atoms with van der Waals surface area (Å²) in [6.07, 6.45) is 0.0853. The van der Waals surface area contributed by atoms with E-state index in [1.54, 1.807) is 12.1 Å². The van der Waals surface area contributed by atoms with Gasteiger partial charge in [0.05, 0.1) is 25.9 Å². The Hall–Kier alpha value is -3.32. The van der Waals surface area contributed by atoms with Gasteiger partial charge in [0.15, 0.2) is 0 Å². The molecule has 3 atom stereocenters. The van der Waals surface area contributed by atoms with Gasteiger partial charge < -0.3 is 20.1 Å². The lowest BCUT2D eigenvalue weighted by atomic mass is 9.58. The van der Waals surface area contributed by atoms with Crippen LogP contribution >= 0.6 is 23.2 Å². The number of hydrogen-bond acceptors (Lipinski definition) is 4. The molecule has 2 N–H and O–H groups in total. The summed E-state index contributed by atoms with van der Waals surface area (Å²) in [6.45, 7) is 11.9. The van der Waals surface area contributed by atoms with E-state index in [9.17, 15) is 9.59 Å². The molecule has 6 nitrogen and oxygen atoms in total. The average molecular weight is 592 g/mol. The summed E-state index contributed by atoms with van der Waals surface area (Å²) >= 11 is 12.9. The molecule has 3 aliphatic heterocycles. The predicted molar refractivity (Wildman–Crippen MR) is 162 cm³/mol. The van der Waals surface area contributed by atoms with Crippen molar-refractivity contribution in [2.75, 3.05) is 25.1 Å². The summed E-state index contributed by atoms with van der Waals surface area (Å²) < 4.78 is 11.9. The third-order valence-electron chi connectivity index (χ3n) is 8.66. The van der Waals surface area contributed by atoms with E-state index in [1.807, 2.05) is 56.3 Å². The zero-order chi connectivity index (χ0) is 29.1. The summed E-state index contributed by atoms with van der Waals surface area (Å²) in [7, 11) is 0. The number of carbonyl (C=O) groups excluding carboxylic acids is 2. The van der Waals surface area contributed by atoms with Gasteiger partial charge in [0, 0.05) is 33.5 Å². The van der Waals surface area contributed by atoms with Gasteiger partial charge in [0.1, 0.15) is 11.2 Å². The largest absolute Gasteiger partial charge is 0.493 e. The van der Waals surface area contributed by atoms with Crippen LogP contribution in [-0.4, -0.2) is 31.6 Å². The number of aryl methyl sites for hydroxylation is 1. The Morgan fingerprint density at radius 3 is 2.49 bits per heavy atom. The number of carbonyl (C=O) groups is 2. The molecule has 6 rings (SSSR count). The van der Waals surface area contributed by atoms with Gasteiger partial charge in [-0.2, -0.15) is 0 Å². The number of benzene rings is 3. The van der Waals surface area contributed by atoms with E-state index in [0.717, 1.165) is 33.4 Å². The van der Waals surface area contributed by atoms with E-state index >= 15 is 0 Å². The van der Waals surface area contributed by atoms with Crippen molar-refractivity contribution in [3.63, 3.8) is 0 Å². The molecule has 0 unspecified atom stereocenters. The number of piperidine rings is 1. The van der Waals surface area contributed by atoms with Crippen LogP contribution in [0.1, 0.15) is 60.0 Å². The van der Waals surface area contributed by atoms with E-state index in [1.165, 1.54) is 0 Å². The van der Waals surface area contributed by atoms with E-state index in [4.69, 9.17) is 32.7 Å². The molecule has 3 aromatic carbocycles. The van der Waals surface area contributed by atoms with Crippen molar-refractivity contribution in [2.45, 2.75) is 44.6 Å². The van der Waals surface area contributed by atoms with E-state index < -0.39 is 17.4 Å². The molecular formula is C33H32Cl2N2O4. The number of ether oxygens (including phenoxy) is 2. The molecule has 0 radical (unpaired) electrons. The SMILES string of the molecule is C=C(C)c1ccc(OCC2(C)COC2)c([C@H]2CC(=O)N[C@@H](c3cc(Cl)ccc3C)[C@]23C(=O)Nc2cc(Cl)ccc23)c1. The molecule has 0 aliphatic carbocycles. The Kier molecular flexibility index (Phi) is 6.92. The highest BCUT2D eigenvalue weighted by atomic mass is 35.5. The molecule has 0 saturated carbocycles. The lowest BCUT2D eigenvalue weighted by Gasteiger charge is -2.47. The van der Waals surface area contributed by atoms with Crippen LogP contribution in [-0.2, 0) is 19.7 Å². The number of fused-ring (bicyclic) bond motifs is 2. The normalized spacial score (nSPS) is 24.3. The van der Waals surface area contributed by atoms with Crippen molar-refractivity contribution < 1.29 is 19.1 Å². The summed E-state index contributed by atoms with van der Waals surface area (Å²) in [5, 5.41) is 7.32. The van der Waals surface area contributed by atoms with Crippen LogP contribution in [0.3, 0.4) is 0 Å². The Morgan fingerprint density at radius 2 is 1.78 bits per heavy atom. The van der Waals surface area contributed by atoms with Crippen molar-refractivity contribution in [1.82, 2.24) is 5.32 Å². The van der Waals surface area contributed by atoms with Crippen molar-refractivity contribution in [2.24, 2.45) is 5.41 Å². The second kappa shape index (κ2) is 10.2. The molecule has 2 fully saturated rings. The quantitative estimate of drug-likeness (QED) is 0.324. The van der Waals surface area contributed by atoms with Crippen LogP contribution in [0.15, 0.2) is 61.2 Å². The van der Waals surface area contributed by atoms with Crippen LogP contribution in [0.4, 0.5) is 5.69 Å². The van der Waals surface area contributed by atoms with Gasteiger partial charge in [-0.25, -0.2) is 0 Å². The molecule has 3 aromatic rings. The highest BCUT2D eigenvalue weighted by Gasteiger charge is 2.62. The lowest BCUT2D eigenvalue weighted by molar-refractivity contribution is -0.131. The molecule has 41 heavy (non-hydrogen) atoms. The first kappa shape index (κ1) is 27.8. The van der Waals surface area contributed by atoms with Crippen LogP contribution < -0.4 is 15.4 Å². The minimum Gasteiger partial charge on any atom is -0.493 e. The third kappa shape index (κ3) is 4.62. The maximum absolute atomic E-state index is 14.5.